The summed E-state index contributed by atoms with van der Waals surface area (Å²) in [6.07, 6.45) is 46.4. The van der Waals surface area contributed by atoms with Gasteiger partial charge in [-0.3, -0.25) is 4.48 Å². The number of hydrogen-bond acceptors (Lipinski definition) is 3. The average Bonchev–Trinajstić information content (AvgIpc) is 3.05. The summed E-state index contributed by atoms with van der Waals surface area (Å²) in [5.41, 5.74) is 0. The van der Waals surface area contributed by atoms with Crippen LogP contribution in [0.1, 0.15) is 194 Å². The highest BCUT2D eigenvalue weighted by Gasteiger charge is 2.25. The number of nitrogens with zero attached hydrogens (tertiary/aromatic N) is 1. The predicted molar refractivity (Wildman–Crippen MR) is 203 cm³/mol. The molecular formula is C42H82ClNO3. The Balaban J connectivity index is 0. The van der Waals surface area contributed by atoms with Crippen LogP contribution in [0, 0.1) is 0 Å². The van der Waals surface area contributed by atoms with Crippen LogP contribution < -0.4 is 12.4 Å². The van der Waals surface area contributed by atoms with Crippen molar-refractivity contribution in [2.45, 2.75) is 194 Å². The maximum Gasteiger partial charge on any atom is 0.339 e. The highest BCUT2D eigenvalue weighted by molar-refractivity contribution is 5.70. The van der Waals surface area contributed by atoms with Gasteiger partial charge in [0.15, 0.2) is 6.61 Å². The van der Waals surface area contributed by atoms with Crippen LogP contribution in [0.5, 0.6) is 0 Å². The van der Waals surface area contributed by atoms with Crippen LogP contribution in [-0.4, -0.2) is 57.5 Å². The number of quaternary nitrogens is 1. The van der Waals surface area contributed by atoms with Crippen molar-refractivity contribution >= 4 is 5.91 Å². The first-order valence-electron chi connectivity index (χ1n) is 20.4. The van der Waals surface area contributed by atoms with Gasteiger partial charge in [-0.2, -0.15) is 0 Å². The van der Waals surface area contributed by atoms with E-state index in [1.54, 1.807) is 0 Å². The van der Waals surface area contributed by atoms with Crippen molar-refractivity contribution in [2.24, 2.45) is 0 Å². The van der Waals surface area contributed by atoms with Crippen molar-refractivity contribution in [3.05, 3.63) is 24.3 Å². The van der Waals surface area contributed by atoms with E-state index >= 15 is 0 Å². The molecule has 0 N–H and O–H groups in total. The second-order valence-electron chi connectivity index (χ2n) is 14.3. The zero-order chi connectivity index (χ0) is 33.7. The Bertz CT molecular complexity index is 679. The van der Waals surface area contributed by atoms with E-state index in [4.69, 9.17) is 9.47 Å². The van der Waals surface area contributed by atoms with Gasteiger partial charge in [-0.05, 0) is 64.2 Å². The van der Waals surface area contributed by atoms with E-state index in [-0.39, 0.29) is 24.9 Å². The van der Waals surface area contributed by atoms with Crippen LogP contribution in [0.25, 0.3) is 0 Å². The third-order valence-corrected chi connectivity index (χ3v) is 9.30. The topological polar surface area (TPSA) is 35.5 Å². The Morgan fingerprint density at radius 3 is 1.15 bits per heavy atom. The lowest BCUT2D eigenvalue weighted by molar-refractivity contribution is -0.815. The Morgan fingerprint density at radius 2 is 0.766 bits per heavy atom. The molecule has 0 aromatic rings. The number of likely N-dealkylation sites (N-methyl/N-ethyl adjacent to an activating group) is 1. The normalized spacial score (nSPS) is 12.0. The standard InChI is InChI=1S/C42H82NO3.ClH/c1-5-7-9-11-13-15-17-19-21-23-25-27-29-31-33-35-38-45-40-37-43(3,4)42(44)41-46-39-36-34-32-30-28-26-24-22-20-18-16-14-12-10-8-6-2;/h19-22H,5-18,23-41H2,1-4H3;1H/q+1;/p-1/b21-19-,22-20-;. The van der Waals surface area contributed by atoms with Crippen LogP contribution in [0.15, 0.2) is 24.3 Å². The molecule has 0 atom stereocenters. The summed E-state index contributed by atoms with van der Waals surface area (Å²) in [6.45, 7) is 7.63. The van der Waals surface area contributed by atoms with Gasteiger partial charge in [0.05, 0.1) is 20.7 Å². The van der Waals surface area contributed by atoms with E-state index in [0.717, 1.165) is 19.4 Å². The summed E-state index contributed by atoms with van der Waals surface area (Å²) in [4.78, 5) is 12.6. The van der Waals surface area contributed by atoms with E-state index in [9.17, 15) is 4.79 Å². The molecule has 4 nitrogen and oxygen atoms in total. The molecule has 0 radical (unpaired) electrons. The number of unbranched alkanes of at least 4 members (excludes halogenated alkanes) is 24. The van der Waals surface area contributed by atoms with Crippen LogP contribution in [-0.2, 0) is 14.3 Å². The molecule has 0 rings (SSSR count). The zero-order valence-corrected chi connectivity index (χ0v) is 32.9. The molecule has 0 aliphatic heterocycles. The van der Waals surface area contributed by atoms with Crippen molar-refractivity contribution in [2.75, 3.05) is 47.1 Å². The smallest absolute Gasteiger partial charge is 0.339 e. The van der Waals surface area contributed by atoms with Crippen LogP contribution in [0.4, 0.5) is 0 Å². The second-order valence-corrected chi connectivity index (χ2v) is 14.3. The number of rotatable bonds is 37. The van der Waals surface area contributed by atoms with E-state index in [2.05, 4.69) is 38.2 Å². The number of hydrogen-bond donors (Lipinski definition) is 0. The van der Waals surface area contributed by atoms with E-state index in [1.165, 1.54) is 167 Å². The molecule has 0 saturated carbocycles. The predicted octanol–water partition coefficient (Wildman–Crippen LogP) is 9.70. The molecule has 0 aromatic carbocycles. The number of carbonyl (C=O) groups is 1. The van der Waals surface area contributed by atoms with Gasteiger partial charge in [-0.25, -0.2) is 4.79 Å². The maximum absolute atomic E-state index is 12.6. The van der Waals surface area contributed by atoms with Crippen molar-refractivity contribution in [3.8, 4) is 0 Å². The largest absolute Gasteiger partial charge is 1.00 e. The fourth-order valence-corrected chi connectivity index (χ4v) is 5.76. The van der Waals surface area contributed by atoms with Crippen LogP contribution in [0.3, 0.4) is 0 Å². The number of carbonyl (C=O) groups excluding carboxylic acids is 1. The average molecular weight is 685 g/mol. The number of halogens is 1. The Morgan fingerprint density at radius 1 is 0.447 bits per heavy atom. The highest BCUT2D eigenvalue weighted by Crippen LogP contribution is 2.12. The minimum absolute atomic E-state index is 0. The summed E-state index contributed by atoms with van der Waals surface area (Å²) in [5, 5.41) is 0. The summed E-state index contributed by atoms with van der Waals surface area (Å²) in [5.74, 6) is 0.144. The summed E-state index contributed by atoms with van der Waals surface area (Å²) >= 11 is 0. The molecule has 0 aliphatic carbocycles. The van der Waals surface area contributed by atoms with Crippen molar-refractivity contribution in [1.82, 2.24) is 0 Å². The van der Waals surface area contributed by atoms with Gasteiger partial charge in [0, 0.05) is 13.2 Å². The first-order valence-corrected chi connectivity index (χ1v) is 20.4. The van der Waals surface area contributed by atoms with Gasteiger partial charge in [0.1, 0.15) is 6.54 Å². The lowest BCUT2D eigenvalue weighted by Crippen LogP contribution is -3.00. The van der Waals surface area contributed by atoms with Crippen molar-refractivity contribution < 1.29 is 31.2 Å². The molecule has 0 aliphatic rings. The number of amides is 1. The maximum atomic E-state index is 12.6. The van der Waals surface area contributed by atoms with Crippen LogP contribution in [0.2, 0.25) is 0 Å². The minimum Gasteiger partial charge on any atom is -1.00 e. The van der Waals surface area contributed by atoms with Gasteiger partial charge in [-0.15, -0.1) is 0 Å². The van der Waals surface area contributed by atoms with E-state index in [1.807, 2.05) is 14.1 Å². The number of ether oxygens (including phenoxy) is 2. The van der Waals surface area contributed by atoms with Gasteiger partial charge in [-0.1, -0.05) is 154 Å². The fourth-order valence-electron chi connectivity index (χ4n) is 5.76. The van der Waals surface area contributed by atoms with Gasteiger partial charge in [0.25, 0.3) is 0 Å². The summed E-state index contributed by atoms with van der Waals surface area (Å²) in [7, 11) is 3.95. The Labute approximate surface area is 301 Å². The monoisotopic (exact) mass is 684 g/mol. The summed E-state index contributed by atoms with van der Waals surface area (Å²) < 4.78 is 11.9. The third-order valence-electron chi connectivity index (χ3n) is 9.30. The first kappa shape index (κ1) is 48.4. The van der Waals surface area contributed by atoms with Gasteiger partial charge in [0.2, 0.25) is 0 Å². The first-order chi connectivity index (χ1) is 22.5. The van der Waals surface area contributed by atoms with E-state index < -0.39 is 0 Å². The van der Waals surface area contributed by atoms with Crippen LogP contribution >= 0.6 is 0 Å². The molecule has 0 bridgehead atoms. The molecule has 0 aromatic heterocycles. The minimum atomic E-state index is 0. The number of allylic oxidation sites excluding steroid dienone is 4. The summed E-state index contributed by atoms with van der Waals surface area (Å²) in [6, 6.07) is 0. The molecule has 0 fully saturated rings. The third kappa shape index (κ3) is 38.0. The Kier molecular flexibility index (Phi) is 41.0. The lowest BCUT2D eigenvalue weighted by Gasteiger charge is -2.26. The molecular weight excluding hydrogens is 602 g/mol. The molecule has 1 amide bonds. The van der Waals surface area contributed by atoms with Crippen molar-refractivity contribution in [1.29, 1.82) is 0 Å². The van der Waals surface area contributed by atoms with Gasteiger partial charge < -0.3 is 21.9 Å². The van der Waals surface area contributed by atoms with Crippen molar-refractivity contribution in [3.63, 3.8) is 0 Å². The molecule has 5 heteroatoms. The molecule has 0 heterocycles. The molecule has 47 heavy (non-hydrogen) atoms. The lowest BCUT2D eigenvalue weighted by atomic mass is 10.1. The fraction of sp³-hybridized carbons (Fsp3) is 0.881. The second kappa shape index (κ2) is 39.8. The molecule has 280 valence electrons. The molecule has 0 unspecified atom stereocenters. The SMILES string of the molecule is CCCCCCCC/C=C\CCCCCCCCOCC[N+](C)(C)C(=O)COCCCCCCCC/C=C\CCCCCCCC.[Cl-]. The highest BCUT2D eigenvalue weighted by atomic mass is 35.5. The van der Waals surface area contributed by atoms with E-state index in [0.29, 0.717) is 24.2 Å². The molecule has 0 saturated heterocycles. The molecule has 0 spiro atoms. The quantitative estimate of drug-likeness (QED) is 0.0372. The Hall–Kier alpha value is -0.680. The van der Waals surface area contributed by atoms with Gasteiger partial charge >= 0.3 is 5.91 Å². The zero-order valence-electron chi connectivity index (χ0n) is 32.2.